The first kappa shape index (κ1) is 11.4. The fourth-order valence-electron chi connectivity index (χ4n) is 1.12. The van der Waals surface area contributed by atoms with Crippen LogP contribution in [0.4, 0.5) is 8.78 Å². The molecule has 14 heavy (non-hydrogen) atoms. The molecule has 0 aliphatic heterocycles. The first-order valence-corrected chi connectivity index (χ1v) is 4.83. The van der Waals surface area contributed by atoms with Crippen LogP contribution in [0, 0.1) is 0 Å². The van der Waals surface area contributed by atoms with Gasteiger partial charge in [-0.05, 0) is 24.7 Å². The van der Waals surface area contributed by atoms with E-state index in [9.17, 15) is 13.9 Å². The molecule has 5 heteroatoms. The van der Waals surface area contributed by atoms with E-state index in [2.05, 4.69) is 15.9 Å². The van der Waals surface area contributed by atoms with Crippen molar-refractivity contribution in [3.05, 3.63) is 28.2 Å². The van der Waals surface area contributed by atoms with Crippen LogP contribution >= 0.6 is 15.9 Å². The molecule has 0 amide bonds. The largest absolute Gasteiger partial charge is 0.507 e. The van der Waals surface area contributed by atoms with Crippen LogP contribution in [0.15, 0.2) is 22.7 Å². The number of phenolic OH excluding ortho intramolecular Hbond substituents is 1. The van der Waals surface area contributed by atoms with Crippen molar-refractivity contribution in [2.45, 2.75) is 12.3 Å². The van der Waals surface area contributed by atoms with E-state index in [0.29, 0.717) is 4.47 Å². The molecule has 0 heterocycles. The predicted molar refractivity (Wildman–Crippen MR) is 53.4 cm³/mol. The van der Waals surface area contributed by atoms with Crippen molar-refractivity contribution in [3.63, 3.8) is 0 Å². The number of nitrogens with two attached hydrogens (primary N) is 1. The van der Waals surface area contributed by atoms with E-state index >= 15 is 0 Å². The molecule has 0 atom stereocenters. The van der Waals surface area contributed by atoms with Crippen LogP contribution in [-0.2, 0) is 5.92 Å². The second-order valence-electron chi connectivity index (χ2n) is 2.90. The minimum Gasteiger partial charge on any atom is -0.507 e. The predicted octanol–water partition coefficient (Wildman–Crippen LogP) is 2.60. The smallest absolute Gasteiger partial charge is 0.278 e. The van der Waals surface area contributed by atoms with Crippen molar-refractivity contribution < 1.29 is 13.9 Å². The van der Waals surface area contributed by atoms with Gasteiger partial charge in [0.2, 0.25) is 0 Å². The highest BCUT2D eigenvalue weighted by Crippen LogP contribution is 2.38. The zero-order valence-corrected chi connectivity index (χ0v) is 8.89. The molecule has 1 rings (SSSR count). The molecular weight excluding hydrogens is 256 g/mol. The number of benzene rings is 1. The number of aromatic hydroxyl groups is 1. The zero-order valence-electron chi connectivity index (χ0n) is 7.30. The van der Waals surface area contributed by atoms with Gasteiger partial charge in [-0.3, -0.25) is 0 Å². The van der Waals surface area contributed by atoms with Gasteiger partial charge in [-0.2, -0.15) is 0 Å². The Morgan fingerprint density at radius 1 is 1.43 bits per heavy atom. The molecule has 3 N–H and O–H groups in total. The maximum absolute atomic E-state index is 13.3. The van der Waals surface area contributed by atoms with Crippen molar-refractivity contribution in [2.75, 3.05) is 6.54 Å². The van der Waals surface area contributed by atoms with E-state index < -0.39 is 23.7 Å². The lowest BCUT2D eigenvalue weighted by atomic mass is 10.0. The lowest BCUT2D eigenvalue weighted by molar-refractivity contribution is -0.0127. The Kier molecular flexibility index (Phi) is 3.44. The summed E-state index contributed by atoms with van der Waals surface area (Å²) >= 11 is 3.06. The van der Waals surface area contributed by atoms with Gasteiger partial charge in [-0.15, -0.1) is 0 Å². The number of hydrogen-bond donors (Lipinski definition) is 2. The Morgan fingerprint density at radius 3 is 2.64 bits per heavy atom. The van der Waals surface area contributed by atoms with Gasteiger partial charge >= 0.3 is 0 Å². The summed E-state index contributed by atoms with van der Waals surface area (Å²) in [5.74, 6) is -3.49. The maximum atomic E-state index is 13.3. The standard InChI is InChI=1S/C9H10BrF2NO/c10-6-1-2-8(14)7(5-6)9(11,12)3-4-13/h1-2,5,14H,3-4,13H2. The van der Waals surface area contributed by atoms with Gasteiger partial charge in [-0.1, -0.05) is 15.9 Å². The monoisotopic (exact) mass is 265 g/mol. The molecule has 0 fully saturated rings. The van der Waals surface area contributed by atoms with Crippen LogP contribution in [-0.4, -0.2) is 11.7 Å². The summed E-state index contributed by atoms with van der Waals surface area (Å²) in [4.78, 5) is 0. The molecule has 0 unspecified atom stereocenters. The molecule has 0 saturated carbocycles. The van der Waals surface area contributed by atoms with Crippen molar-refractivity contribution in [1.82, 2.24) is 0 Å². The van der Waals surface area contributed by atoms with Crippen LogP contribution < -0.4 is 5.73 Å². The van der Waals surface area contributed by atoms with Gasteiger partial charge < -0.3 is 10.8 Å². The number of hydrogen-bond acceptors (Lipinski definition) is 2. The van der Waals surface area contributed by atoms with Crippen molar-refractivity contribution in [3.8, 4) is 5.75 Å². The molecule has 0 aliphatic carbocycles. The summed E-state index contributed by atoms with van der Waals surface area (Å²) in [7, 11) is 0. The minimum atomic E-state index is -3.08. The highest BCUT2D eigenvalue weighted by molar-refractivity contribution is 9.10. The number of rotatable bonds is 3. The second-order valence-corrected chi connectivity index (χ2v) is 3.82. The Bertz CT molecular complexity index is 331. The van der Waals surface area contributed by atoms with Gasteiger partial charge in [0, 0.05) is 10.9 Å². The van der Waals surface area contributed by atoms with Gasteiger partial charge in [0.25, 0.3) is 5.92 Å². The molecule has 0 radical (unpaired) electrons. The third-order valence-electron chi connectivity index (χ3n) is 1.81. The first-order valence-electron chi connectivity index (χ1n) is 4.04. The number of alkyl halides is 2. The van der Waals surface area contributed by atoms with E-state index in [4.69, 9.17) is 5.73 Å². The van der Waals surface area contributed by atoms with E-state index in [1.54, 1.807) is 0 Å². The van der Waals surface area contributed by atoms with E-state index in [0.717, 1.165) is 0 Å². The summed E-state index contributed by atoms with van der Waals surface area (Å²) in [5.41, 5.74) is 4.68. The van der Waals surface area contributed by atoms with Crippen LogP contribution in [0.5, 0.6) is 5.75 Å². The average molecular weight is 266 g/mol. The summed E-state index contributed by atoms with van der Waals surface area (Å²) in [6.07, 6.45) is -0.475. The summed E-state index contributed by atoms with van der Waals surface area (Å²) in [5, 5.41) is 9.26. The molecule has 78 valence electrons. The topological polar surface area (TPSA) is 46.2 Å². The molecule has 0 aromatic heterocycles. The average Bonchev–Trinajstić information content (AvgIpc) is 2.09. The van der Waals surface area contributed by atoms with Crippen LogP contribution in [0.3, 0.4) is 0 Å². The maximum Gasteiger partial charge on any atom is 0.278 e. The Balaban J connectivity index is 3.10. The van der Waals surface area contributed by atoms with Gasteiger partial charge in [0.05, 0.1) is 5.56 Å². The summed E-state index contributed by atoms with van der Waals surface area (Å²) in [6.45, 7) is -0.126. The van der Waals surface area contributed by atoms with E-state index in [1.165, 1.54) is 18.2 Å². The second kappa shape index (κ2) is 4.23. The van der Waals surface area contributed by atoms with Crippen LogP contribution in [0.2, 0.25) is 0 Å². The Morgan fingerprint density at radius 2 is 2.07 bits per heavy atom. The molecule has 0 bridgehead atoms. The summed E-state index contributed by atoms with van der Waals surface area (Å²) < 4.78 is 27.2. The third-order valence-corrected chi connectivity index (χ3v) is 2.30. The first-order chi connectivity index (χ1) is 6.47. The minimum absolute atomic E-state index is 0.126. The summed E-state index contributed by atoms with van der Waals surface area (Å²) in [6, 6.07) is 3.92. The number of halogens is 3. The normalized spacial score (nSPS) is 11.7. The SMILES string of the molecule is NCCC(F)(F)c1cc(Br)ccc1O. The number of phenols is 1. The highest BCUT2D eigenvalue weighted by atomic mass is 79.9. The van der Waals surface area contributed by atoms with E-state index in [-0.39, 0.29) is 6.54 Å². The molecule has 0 aliphatic rings. The van der Waals surface area contributed by atoms with Crippen molar-refractivity contribution >= 4 is 15.9 Å². The molecule has 2 nitrogen and oxygen atoms in total. The van der Waals surface area contributed by atoms with Gasteiger partial charge in [-0.25, -0.2) is 8.78 Å². The molecule has 0 saturated heterocycles. The fourth-order valence-corrected chi connectivity index (χ4v) is 1.48. The highest BCUT2D eigenvalue weighted by Gasteiger charge is 2.33. The third kappa shape index (κ3) is 2.42. The van der Waals surface area contributed by atoms with Crippen LogP contribution in [0.25, 0.3) is 0 Å². The zero-order chi connectivity index (χ0) is 10.8. The molecular formula is C9H10BrF2NO. The molecule has 1 aromatic rings. The van der Waals surface area contributed by atoms with E-state index in [1.807, 2.05) is 0 Å². The lowest BCUT2D eigenvalue weighted by Crippen LogP contribution is -2.18. The molecule has 0 spiro atoms. The van der Waals surface area contributed by atoms with Crippen molar-refractivity contribution in [1.29, 1.82) is 0 Å². The lowest BCUT2D eigenvalue weighted by Gasteiger charge is -2.17. The Labute approximate surface area is 88.9 Å². The van der Waals surface area contributed by atoms with Gasteiger partial charge in [0.1, 0.15) is 5.75 Å². The molecule has 1 aromatic carbocycles. The quantitative estimate of drug-likeness (QED) is 0.883. The Hall–Kier alpha value is -0.680. The van der Waals surface area contributed by atoms with Crippen molar-refractivity contribution in [2.24, 2.45) is 5.73 Å². The fraction of sp³-hybridized carbons (Fsp3) is 0.333. The van der Waals surface area contributed by atoms with Gasteiger partial charge in [0.15, 0.2) is 0 Å². The van der Waals surface area contributed by atoms with Crippen LogP contribution in [0.1, 0.15) is 12.0 Å².